The predicted molar refractivity (Wildman–Crippen MR) is 69.4 cm³/mol. The van der Waals surface area contributed by atoms with Gasteiger partial charge in [-0.05, 0) is 12.0 Å². The van der Waals surface area contributed by atoms with Gasteiger partial charge in [-0.1, -0.05) is 30.3 Å². The van der Waals surface area contributed by atoms with Crippen LogP contribution in [-0.4, -0.2) is 40.8 Å². The number of hydrogen-bond acceptors (Lipinski definition) is 4. The highest BCUT2D eigenvalue weighted by Gasteiger charge is 2.22. The van der Waals surface area contributed by atoms with E-state index in [4.69, 9.17) is 15.9 Å². The molecule has 0 fully saturated rings. The van der Waals surface area contributed by atoms with Crippen LogP contribution in [0.25, 0.3) is 0 Å². The zero-order valence-corrected chi connectivity index (χ0v) is 10.5. The van der Waals surface area contributed by atoms with E-state index in [1.165, 1.54) is 0 Å². The van der Waals surface area contributed by atoms with Gasteiger partial charge >= 0.3 is 5.97 Å². The maximum atomic E-state index is 11.8. The lowest BCUT2D eigenvalue weighted by Crippen LogP contribution is -2.49. The monoisotopic (exact) mass is 266 g/mol. The summed E-state index contributed by atoms with van der Waals surface area (Å²) in [6, 6.07) is 7.29. The molecule has 0 saturated carbocycles. The molecule has 0 heterocycles. The second-order valence-electron chi connectivity index (χ2n) is 4.21. The molecule has 0 unspecified atom stereocenters. The molecule has 0 radical (unpaired) electrons. The Kier molecular flexibility index (Phi) is 5.98. The van der Waals surface area contributed by atoms with Crippen molar-refractivity contribution in [1.82, 2.24) is 5.32 Å². The number of nitrogens with two attached hydrogens (primary N) is 1. The molecule has 0 aliphatic heterocycles. The zero-order chi connectivity index (χ0) is 14.3. The first kappa shape index (κ1) is 15.1. The quantitative estimate of drug-likeness (QED) is 0.532. The Balaban J connectivity index is 2.54. The number of rotatable bonds is 7. The van der Waals surface area contributed by atoms with Crippen LogP contribution in [-0.2, 0) is 16.0 Å². The summed E-state index contributed by atoms with van der Waals surface area (Å²) in [6.45, 7) is -0.314. The summed E-state index contributed by atoms with van der Waals surface area (Å²) >= 11 is 0. The van der Waals surface area contributed by atoms with Gasteiger partial charge in [-0.15, -0.1) is 0 Å². The van der Waals surface area contributed by atoms with Crippen molar-refractivity contribution in [2.45, 2.75) is 24.9 Å². The first-order chi connectivity index (χ1) is 9.04. The van der Waals surface area contributed by atoms with E-state index in [1.54, 1.807) is 0 Å². The maximum absolute atomic E-state index is 11.8. The van der Waals surface area contributed by atoms with E-state index < -0.39 is 24.0 Å². The first-order valence-electron chi connectivity index (χ1n) is 5.98. The highest BCUT2D eigenvalue weighted by atomic mass is 16.4. The number of aliphatic carboxylic acids is 1. The summed E-state index contributed by atoms with van der Waals surface area (Å²) < 4.78 is 0. The molecule has 2 atom stereocenters. The van der Waals surface area contributed by atoms with Gasteiger partial charge in [0.15, 0.2) is 0 Å². The molecule has 6 heteroatoms. The fourth-order valence-electron chi connectivity index (χ4n) is 1.63. The van der Waals surface area contributed by atoms with Gasteiger partial charge in [-0.3, -0.25) is 4.79 Å². The summed E-state index contributed by atoms with van der Waals surface area (Å²) in [5, 5.41) is 19.9. The number of carboxylic acids is 1. The summed E-state index contributed by atoms with van der Waals surface area (Å²) in [6.07, 6.45) is 0.289. The number of amides is 1. The lowest BCUT2D eigenvalue weighted by Gasteiger charge is -2.17. The third-order valence-electron chi connectivity index (χ3n) is 2.67. The van der Waals surface area contributed by atoms with Gasteiger partial charge in [0, 0.05) is 13.0 Å². The number of benzene rings is 1. The molecule has 1 aromatic rings. The van der Waals surface area contributed by atoms with Gasteiger partial charge in [0.1, 0.15) is 6.04 Å². The number of carbonyl (C=O) groups excluding carboxylic acids is 1. The second-order valence-corrected chi connectivity index (χ2v) is 4.21. The van der Waals surface area contributed by atoms with Crippen LogP contribution in [0.3, 0.4) is 0 Å². The molecule has 0 aromatic heterocycles. The van der Waals surface area contributed by atoms with Crippen LogP contribution in [0, 0.1) is 0 Å². The lowest BCUT2D eigenvalue weighted by atomic mass is 10.1. The van der Waals surface area contributed by atoms with E-state index in [2.05, 4.69) is 5.32 Å². The van der Waals surface area contributed by atoms with Crippen LogP contribution in [0.15, 0.2) is 30.3 Å². The van der Waals surface area contributed by atoms with Crippen molar-refractivity contribution in [3.05, 3.63) is 35.9 Å². The Bertz CT molecular complexity index is 422. The highest BCUT2D eigenvalue weighted by Crippen LogP contribution is 2.02. The topological polar surface area (TPSA) is 113 Å². The van der Waals surface area contributed by atoms with Crippen molar-refractivity contribution in [2.24, 2.45) is 5.73 Å². The van der Waals surface area contributed by atoms with E-state index in [-0.39, 0.29) is 13.0 Å². The maximum Gasteiger partial charge on any atom is 0.326 e. The van der Waals surface area contributed by atoms with Crippen LogP contribution >= 0.6 is 0 Å². The van der Waals surface area contributed by atoms with Crippen molar-refractivity contribution in [3.63, 3.8) is 0 Å². The largest absolute Gasteiger partial charge is 0.480 e. The molecule has 6 nitrogen and oxygen atoms in total. The van der Waals surface area contributed by atoms with Crippen LogP contribution in [0.2, 0.25) is 0 Å². The number of aliphatic hydroxyl groups is 1. The minimum Gasteiger partial charge on any atom is -0.480 e. The van der Waals surface area contributed by atoms with E-state index in [0.717, 1.165) is 5.56 Å². The van der Waals surface area contributed by atoms with Gasteiger partial charge in [0.25, 0.3) is 0 Å². The highest BCUT2D eigenvalue weighted by molar-refractivity contribution is 5.86. The number of aliphatic hydroxyl groups excluding tert-OH is 1. The number of hydrogen-bond donors (Lipinski definition) is 4. The van der Waals surface area contributed by atoms with Gasteiger partial charge in [0.05, 0.1) is 6.04 Å². The SMILES string of the molecule is N[C@H](Cc1ccccc1)C(=O)N[C@H](CCO)C(=O)O. The molecule has 0 bridgehead atoms. The molecule has 0 aliphatic rings. The Labute approximate surface area is 111 Å². The van der Waals surface area contributed by atoms with Crippen LogP contribution in [0.1, 0.15) is 12.0 Å². The molecule has 1 rings (SSSR count). The molecule has 0 spiro atoms. The average molecular weight is 266 g/mol. The summed E-state index contributed by atoms with van der Waals surface area (Å²) in [7, 11) is 0. The molecular weight excluding hydrogens is 248 g/mol. The van der Waals surface area contributed by atoms with Crippen molar-refractivity contribution in [3.8, 4) is 0 Å². The standard InChI is InChI=1S/C13H18N2O4/c14-10(8-9-4-2-1-3-5-9)12(17)15-11(6-7-16)13(18)19/h1-5,10-11,16H,6-8,14H2,(H,15,17)(H,18,19)/t10-,11-/m1/s1. The lowest BCUT2D eigenvalue weighted by molar-refractivity contribution is -0.142. The third-order valence-corrected chi connectivity index (χ3v) is 2.67. The molecule has 0 aliphatic carbocycles. The molecule has 1 aromatic carbocycles. The zero-order valence-electron chi connectivity index (χ0n) is 10.5. The van der Waals surface area contributed by atoms with Crippen molar-refractivity contribution in [2.75, 3.05) is 6.61 Å². The summed E-state index contributed by atoms with van der Waals surface area (Å²) in [4.78, 5) is 22.6. The van der Waals surface area contributed by atoms with Crippen LogP contribution in [0.4, 0.5) is 0 Å². The Morgan fingerprint density at radius 2 is 1.89 bits per heavy atom. The minimum atomic E-state index is -1.19. The molecular formula is C13H18N2O4. The number of carbonyl (C=O) groups is 2. The Hall–Kier alpha value is -1.92. The second kappa shape index (κ2) is 7.50. The number of carboxylic acid groups (broad SMARTS) is 1. The van der Waals surface area contributed by atoms with Gasteiger partial charge < -0.3 is 21.3 Å². The van der Waals surface area contributed by atoms with Crippen LogP contribution < -0.4 is 11.1 Å². The molecule has 104 valence electrons. The normalized spacial score (nSPS) is 13.6. The fraction of sp³-hybridized carbons (Fsp3) is 0.385. The molecule has 19 heavy (non-hydrogen) atoms. The van der Waals surface area contributed by atoms with E-state index in [9.17, 15) is 9.59 Å². The van der Waals surface area contributed by atoms with Gasteiger partial charge in [0.2, 0.25) is 5.91 Å². The third kappa shape index (κ3) is 5.07. The first-order valence-corrected chi connectivity index (χ1v) is 5.98. The summed E-state index contributed by atoms with van der Waals surface area (Å²) in [5.74, 6) is -1.72. The molecule has 5 N–H and O–H groups in total. The fourth-order valence-corrected chi connectivity index (χ4v) is 1.63. The Morgan fingerprint density at radius 1 is 1.26 bits per heavy atom. The predicted octanol–water partition coefficient (Wildman–Crippen LogP) is -0.492. The van der Waals surface area contributed by atoms with E-state index in [0.29, 0.717) is 6.42 Å². The van der Waals surface area contributed by atoms with Crippen molar-refractivity contribution in [1.29, 1.82) is 0 Å². The van der Waals surface area contributed by atoms with Crippen molar-refractivity contribution >= 4 is 11.9 Å². The number of nitrogens with one attached hydrogen (secondary N) is 1. The average Bonchev–Trinajstić information content (AvgIpc) is 2.39. The Morgan fingerprint density at radius 3 is 2.42 bits per heavy atom. The van der Waals surface area contributed by atoms with Crippen LogP contribution in [0.5, 0.6) is 0 Å². The molecule has 0 saturated heterocycles. The summed E-state index contributed by atoms with van der Waals surface area (Å²) in [5.41, 5.74) is 6.63. The molecule has 1 amide bonds. The minimum absolute atomic E-state index is 0.0425. The smallest absolute Gasteiger partial charge is 0.326 e. The van der Waals surface area contributed by atoms with Gasteiger partial charge in [-0.2, -0.15) is 0 Å². The van der Waals surface area contributed by atoms with E-state index in [1.807, 2.05) is 30.3 Å². The van der Waals surface area contributed by atoms with Gasteiger partial charge in [-0.25, -0.2) is 4.79 Å². The van der Waals surface area contributed by atoms with Crippen molar-refractivity contribution < 1.29 is 19.8 Å². The van der Waals surface area contributed by atoms with E-state index >= 15 is 0 Å².